The Morgan fingerprint density at radius 3 is 2.06 bits per heavy atom. The summed E-state index contributed by atoms with van der Waals surface area (Å²) in [7, 11) is 0. The van der Waals surface area contributed by atoms with E-state index < -0.39 is 29.6 Å². The summed E-state index contributed by atoms with van der Waals surface area (Å²) in [6.07, 6.45) is -3.06. The van der Waals surface area contributed by atoms with Crippen molar-refractivity contribution in [1.82, 2.24) is 5.32 Å². The number of carbonyl (C=O) groups excluding carboxylic acids is 1. The van der Waals surface area contributed by atoms with Crippen molar-refractivity contribution in [3.63, 3.8) is 0 Å². The molecule has 0 spiro atoms. The first-order chi connectivity index (χ1) is 8.21. The van der Waals surface area contributed by atoms with Crippen molar-refractivity contribution in [2.45, 2.75) is 33.2 Å². The van der Waals surface area contributed by atoms with E-state index in [1.165, 1.54) is 24.3 Å². The fourth-order valence-corrected chi connectivity index (χ4v) is 1.66. The summed E-state index contributed by atoms with van der Waals surface area (Å²) in [5.74, 6) is -1.73. The SMILES string of the molecule is CC(C)(C)C(NC(=O)C(F)F)c1ccc(F)cc1. The van der Waals surface area contributed by atoms with E-state index in [0.717, 1.165) is 0 Å². The Morgan fingerprint density at radius 2 is 1.67 bits per heavy atom. The minimum atomic E-state index is -3.06. The van der Waals surface area contributed by atoms with Crippen LogP contribution in [-0.2, 0) is 4.79 Å². The Hall–Kier alpha value is -1.52. The largest absolute Gasteiger partial charge is 0.344 e. The third-order valence-electron chi connectivity index (χ3n) is 2.55. The first-order valence-electron chi connectivity index (χ1n) is 5.56. The van der Waals surface area contributed by atoms with Gasteiger partial charge in [-0.2, -0.15) is 8.78 Å². The van der Waals surface area contributed by atoms with Crippen LogP contribution in [0.1, 0.15) is 32.4 Å². The molecule has 0 fully saturated rings. The molecule has 0 aliphatic rings. The van der Waals surface area contributed by atoms with Gasteiger partial charge in [0.05, 0.1) is 6.04 Å². The Balaban J connectivity index is 2.99. The van der Waals surface area contributed by atoms with Crippen molar-refractivity contribution >= 4 is 5.91 Å². The number of amides is 1. The summed E-state index contributed by atoms with van der Waals surface area (Å²) < 4.78 is 37.4. The average Bonchev–Trinajstić information content (AvgIpc) is 2.25. The van der Waals surface area contributed by atoms with Gasteiger partial charge < -0.3 is 5.32 Å². The number of hydrogen-bond acceptors (Lipinski definition) is 1. The highest BCUT2D eigenvalue weighted by Gasteiger charge is 2.30. The molecule has 5 heteroatoms. The number of alkyl halides is 2. The molecule has 0 aliphatic carbocycles. The van der Waals surface area contributed by atoms with E-state index >= 15 is 0 Å². The molecular weight excluding hydrogens is 243 g/mol. The lowest BCUT2D eigenvalue weighted by Gasteiger charge is -2.31. The van der Waals surface area contributed by atoms with E-state index in [1.807, 2.05) is 20.8 Å². The second kappa shape index (κ2) is 5.42. The van der Waals surface area contributed by atoms with Gasteiger partial charge in [0.2, 0.25) is 0 Å². The van der Waals surface area contributed by atoms with Crippen LogP contribution in [-0.4, -0.2) is 12.3 Å². The molecule has 1 atom stereocenters. The molecule has 1 rings (SSSR count). The number of benzene rings is 1. The summed E-state index contributed by atoms with van der Waals surface area (Å²) in [4.78, 5) is 11.1. The molecule has 1 unspecified atom stereocenters. The van der Waals surface area contributed by atoms with E-state index in [2.05, 4.69) is 5.32 Å². The highest BCUT2D eigenvalue weighted by molar-refractivity contribution is 5.79. The quantitative estimate of drug-likeness (QED) is 0.886. The van der Waals surface area contributed by atoms with E-state index in [1.54, 1.807) is 0 Å². The van der Waals surface area contributed by atoms with E-state index in [4.69, 9.17) is 0 Å². The van der Waals surface area contributed by atoms with Gasteiger partial charge in [0, 0.05) is 0 Å². The molecule has 1 amide bonds. The maximum absolute atomic E-state index is 12.8. The standard InChI is InChI=1S/C13H16F3NO/c1-13(2,3)10(17-12(18)11(15)16)8-4-6-9(14)7-5-8/h4-7,10-11H,1-3H3,(H,17,18). The first-order valence-corrected chi connectivity index (χ1v) is 5.56. The van der Waals surface area contributed by atoms with Crippen LogP contribution in [0.25, 0.3) is 0 Å². The van der Waals surface area contributed by atoms with Gasteiger partial charge >= 0.3 is 6.43 Å². The molecule has 0 aliphatic heterocycles. The van der Waals surface area contributed by atoms with Crippen LogP contribution in [0.2, 0.25) is 0 Å². The van der Waals surface area contributed by atoms with Gasteiger partial charge in [-0.25, -0.2) is 4.39 Å². The number of hydrogen-bond donors (Lipinski definition) is 1. The third-order valence-corrected chi connectivity index (χ3v) is 2.55. The highest BCUT2D eigenvalue weighted by Crippen LogP contribution is 2.32. The normalized spacial score (nSPS) is 13.5. The number of rotatable bonds is 3. The second-order valence-electron chi connectivity index (χ2n) is 5.16. The monoisotopic (exact) mass is 259 g/mol. The minimum Gasteiger partial charge on any atom is -0.344 e. The van der Waals surface area contributed by atoms with Gasteiger partial charge in [0.25, 0.3) is 5.91 Å². The topological polar surface area (TPSA) is 29.1 Å². The molecule has 0 saturated heterocycles. The fraction of sp³-hybridized carbons (Fsp3) is 0.462. The highest BCUT2D eigenvalue weighted by atomic mass is 19.3. The van der Waals surface area contributed by atoms with E-state index in [-0.39, 0.29) is 0 Å². The fourth-order valence-electron chi connectivity index (χ4n) is 1.66. The summed E-state index contributed by atoms with van der Waals surface area (Å²) in [6, 6.07) is 4.85. The molecule has 0 bridgehead atoms. The van der Waals surface area contributed by atoms with Gasteiger partial charge in [0.15, 0.2) is 0 Å². The van der Waals surface area contributed by atoms with Crippen molar-refractivity contribution in [3.8, 4) is 0 Å². The summed E-state index contributed by atoms with van der Waals surface area (Å²) in [5.41, 5.74) is 0.139. The van der Waals surface area contributed by atoms with E-state index in [9.17, 15) is 18.0 Å². The number of carbonyl (C=O) groups is 1. The van der Waals surface area contributed by atoms with Crippen LogP contribution in [0.5, 0.6) is 0 Å². The van der Waals surface area contributed by atoms with Crippen molar-refractivity contribution in [1.29, 1.82) is 0 Å². The van der Waals surface area contributed by atoms with Crippen LogP contribution in [0, 0.1) is 11.2 Å². The predicted octanol–water partition coefficient (Wildman–Crippen LogP) is 3.29. The molecule has 0 saturated carbocycles. The lowest BCUT2D eigenvalue weighted by atomic mass is 9.82. The summed E-state index contributed by atoms with van der Waals surface area (Å²) in [6.45, 7) is 5.44. The molecule has 2 nitrogen and oxygen atoms in total. The Labute approximate surface area is 104 Å². The molecule has 0 aromatic heterocycles. The van der Waals surface area contributed by atoms with Crippen LogP contribution in [0.4, 0.5) is 13.2 Å². The van der Waals surface area contributed by atoms with Crippen molar-refractivity contribution in [3.05, 3.63) is 35.6 Å². The van der Waals surface area contributed by atoms with Gasteiger partial charge in [-0.1, -0.05) is 32.9 Å². The van der Waals surface area contributed by atoms with Gasteiger partial charge in [-0.05, 0) is 23.1 Å². The molecule has 1 N–H and O–H groups in total. The zero-order valence-electron chi connectivity index (χ0n) is 10.5. The van der Waals surface area contributed by atoms with E-state index in [0.29, 0.717) is 5.56 Å². The smallest absolute Gasteiger partial charge is 0.315 e. The van der Waals surface area contributed by atoms with Gasteiger partial charge in [-0.15, -0.1) is 0 Å². The van der Waals surface area contributed by atoms with Crippen LogP contribution in [0.15, 0.2) is 24.3 Å². The second-order valence-corrected chi connectivity index (χ2v) is 5.16. The first kappa shape index (κ1) is 14.5. The summed E-state index contributed by atoms with van der Waals surface area (Å²) >= 11 is 0. The van der Waals surface area contributed by atoms with Gasteiger partial charge in [0.1, 0.15) is 5.82 Å². The molecule has 0 heterocycles. The Bertz CT molecular complexity index is 409. The average molecular weight is 259 g/mol. The molecule has 100 valence electrons. The molecule has 18 heavy (non-hydrogen) atoms. The maximum atomic E-state index is 12.8. The van der Waals surface area contributed by atoms with Crippen molar-refractivity contribution in [2.75, 3.05) is 0 Å². The lowest BCUT2D eigenvalue weighted by molar-refractivity contribution is -0.133. The number of nitrogens with one attached hydrogen (secondary N) is 1. The maximum Gasteiger partial charge on any atom is 0.315 e. The predicted molar refractivity (Wildman–Crippen MR) is 62.7 cm³/mol. The minimum absolute atomic E-state index is 0.411. The van der Waals surface area contributed by atoms with Gasteiger partial charge in [-0.3, -0.25) is 4.79 Å². The molecule has 1 aromatic rings. The summed E-state index contributed by atoms with van der Waals surface area (Å²) in [5, 5.41) is 2.28. The third kappa shape index (κ3) is 3.75. The Morgan fingerprint density at radius 1 is 1.17 bits per heavy atom. The lowest BCUT2D eigenvalue weighted by Crippen LogP contribution is -2.39. The zero-order chi connectivity index (χ0) is 13.9. The van der Waals surface area contributed by atoms with Crippen LogP contribution in [0.3, 0.4) is 0 Å². The number of halogens is 3. The Kier molecular flexibility index (Phi) is 4.38. The van der Waals surface area contributed by atoms with Crippen molar-refractivity contribution < 1.29 is 18.0 Å². The van der Waals surface area contributed by atoms with Crippen LogP contribution >= 0.6 is 0 Å². The molecule has 0 radical (unpaired) electrons. The zero-order valence-corrected chi connectivity index (χ0v) is 10.5. The molecule has 1 aromatic carbocycles. The molecular formula is C13H16F3NO. The van der Waals surface area contributed by atoms with Crippen LogP contribution < -0.4 is 5.32 Å². The van der Waals surface area contributed by atoms with Crippen molar-refractivity contribution in [2.24, 2.45) is 5.41 Å².